The van der Waals surface area contributed by atoms with Gasteiger partial charge in [-0.15, -0.1) is 0 Å². The topological polar surface area (TPSA) is 29.5 Å². The van der Waals surface area contributed by atoms with E-state index in [1.807, 2.05) is 6.34 Å². The lowest BCUT2D eigenvalue weighted by Gasteiger charge is -2.29. The smallest absolute Gasteiger partial charge is 0.294 e. The van der Waals surface area contributed by atoms with Crippen molar-refractivity contribution < 1.29 is 9.31 Å². The maximum atomic E-state index is 6.52. The average molecular weight is 407 g/mol. The van der Waals surface area contributed by atoms with E-state index in [1.165, 1.54) is 55.1 Å². The summed E-state index contributed by atoms with van der Waals surface area (Å²) >= 11 is 0. The largest absolute Gasteiger partial charge is 0.449 e. The van der Waals surface area contributed by atoms with Crippen molar-refractivity contribution in [2.45, 2.75) is 27.0 Å². The molecule has 2 atom stereocenters. The Bertz CT molecular complexity index is 1560. The minimum atomic E-state index is -0.186. The van der Waals surface area contributed by atoms with Crippen LogP contribution in [0.3, 0.4) is 0 Å². The second-order valence-electron chi connectivity index (χ2n) is 9.27. The number of hydrogen-bond donors (Lipinski definition) is 0. The number of fused-ring (bicyclic) bond motifs is 7. The highest BCUT2D eigenvalue weighted by Gasteiger charge is 2.52. The third kappa shape index (κ3) is 1.92. The third-order valence-corrected chi connectivity index (χ3v) is 7.25. The van der Waals surface area contributed by atoms with E-state index >= 15 is 0 Å². The summed E-state index contributed by atoms with van der Waals surface area (Å²) < 4.78 is 11.2. The van der Waals surface area contributed by atoms with Gasteiger partial charge in [0.1, 0.15) is 17.4 Å². The molecule has 3 aromatic carbocycles. The minimum Gasteiger partial charge on any atom is -0.449 e. The standard InChI is InChI=1S/C27H24N3O/c1-14(2)26-25-22-23(29(4)13-28-27(22)31-26)20-15(3)16-9-5-6-10-17(16)21-18-11-7-8-12-19(18)30(25)24(20)21/h5-14,22,27H,1-4H3/q+1. The van der Waals surface area contributed by atoms with Gasteiger partial charge in [0.2, 0.25) is 0 Å². The van der Waals surface area contributed by atoms with Gasteiger partial charge in [0, 0.05) is 22.3 Å². The van der Waals surface area contributed by atoms with E-state index in [4.69, 9.17) is 9.73 Å². The van der Waals surface area contributed by atoms with Gasteiger partial charge in [-0.1, -0.05) is 56.3 Å². The molecule has 152 valence electrons. The summed E-state index contributed by atoms with van der Waals surface area (Å²) in [5.74, 6) is 1.47. The lowest BCUT2D eigenvalue weighted by molar-refractivity contribution is -0.366. The molecule has 3 aliphatic rings. The molecule has 2 unspecified atom stereocenters. The van der Waals surface area contributed by atoms with Crippen LogP contribution in [0.1, 0.15) is 25.0 Å². The zero-order valence-corrected chi connectivity index (χ0v) is 18.2. The Morgan fingerprint density at radius 2 is 1.71 bits per heavy atom. The molecule has 0 N–H and O–H groups in total. The second-order valence-corrected chi connectivity index (χ2v) is 9.27. The Morgan fingerprint density at radius 1 is 1.00 bits per heavy atom. The molecule has 7 rings (SSSR count). The SMILES string of the molecule is Cc1c2c3c(c4ccccc14)c1ccccc1n3C1=C(C(C)C)OC3N=C[N+](C)=C2C13. The first-order valence-corrected chi connectivity index (χ1v) is 11.1. The van der Waals surface area contributed by atoms with Crippen molar-refractivity contribution in [2.24, 2.45) is 16.8 Å². The predicted octanol–water partition coefficient (Wildman–Crippen LogP) is 5.54. The highest BCUT2D eigenvalue weighted by molar-refractivity contribution is 6.31. The number of hydrogen-bond acceptors (Lipinski definition) is 2. The monoisotopic (exact) mass is 406 g/mol. The zero-order valence-electron chi connectivity index (χ0n) is 18.2. The first-order chi connectivity index (χ1) is 15.1. The minimum absolute atomic E-state index is 0.110. The third-order valence-electron chi connectivity index (χ3n) is 7.25. The van der Waals surface area contributed by atoms with E-state index in [2.05, 4.69) is 85.5 Å². The Hall–Kier alpha value is -3.40. The Balaban J connectivity index is 1.84. The van der Waals surface area contributed by atoms with Crippen LogP contribution < -0.4 is 0 Å². The van der Waals surface area contributed by atoms with Gasteiger partial charge in [-0.25, -0.2) is 4.58 Å². The van der Waals surface area contributed by atoms with Gasteiger partial charge in [-0.3, -0.25) is 0 Å². The first-order valence-electron chi connectivity index (χ1n) is 11.1. The van der Waals surface area contributed by atoms with Gasteiger partial charge in [0.05, 0.1) is 23.8 Å². The van der Waals surface area contributed by atoms with Gasteiger partial charge in [0.15, 0.2) is 0 Å². The molecule has 4 aromatic rings. The van der Waals surface area contributed by atoms with Crippen LogP contribution in [-0.4, -0.2) is 34.5 Å². The molecule has 1 aromatic heterocycles. The number of aromatic nitrogens is 1. The van der Waals surface area contributed by atoms with Gasteiger partial charge >= 0.3 is 0 Å². The molecule has 4 nitrogen and oxygen atoms in total. The van der Waals surface area contributed by atoms with Crippen LogP contribution in [0.4, 0.5) is 0 Å². The zero-order chi connectivity index (χ0) is 21.0. The van der Waals surface area contributed by atoms with Crippen molar-refractivity contribution in [2.75, 3.05) is 7.05 Å². The number of rotatable bonds is 1. The van der Waals surface area contributed by atoms with Crippen molar-refractivity contribution >= 4 is 50.3 Å². The first kappa shape index (κ1) is 17.3. The Morgan fingerprint density at radius 3 is 2.48 bits per heavy atom. The number of ether oxygens (including phenoxy) is 1. The lowest BCUT2D eigenvalue weighted by Crippen LogP contribution is -2.40. The summed E-state index contributed by atoms with van der Waals surface area (Å²) in [6.45, 7) is 6.71. The Labute approximate surface area is 180 Å². The molecule has 4 heteroatoms. The van der Waals surface area contributed by atoms with E-state index in [1.54, 1.807) is 0 Å². The van der Waals surface area contributed by atoms with Crippen molar-refractivity contribution in [1.82, 2.24) is 4.57 Å². The Kier molecular flexibility index (Phi) is 3.15. The van der Waals surface area contributed by atoms with Gasteiger partial charge in [-0.05, 0) is 34.3 Å². The lowest BCUT2D eigenvalue weighted by atomic mass is 9.82. The average Bonchev–Trinajstić information content (AvgIpc) is 3.32. The fraction of sp³-hybridized carbons (Fsp3) is 0.259. The molecule has 0 fully saturated rings. The molecular weight excluding hydrogens is 382 g/mol. The van der Waals surface area contributed by atoms with Crippen LogP contribution in [0.25, 0.3) is 38.3 Å². The number of allylic oxidation sites excluding steroid dienone is 1. The normalized spacial score (nSPS) is 21.7. The molecular formula is C27H24N3O+. The predicted molar refractivity (Wildman–Crippen MR) is 127 cm³/mol. The molecule has 31 heavy (non-hydrogen) atoms. The highest BCUT2D eigenvalue weighted by atomic mass is 16.5. The maximum Gasteiger partial charge on any atom is 0.294 e. The van der Waals surface area contributed by atoms with Crippen LogP contribution in [0.2, 0.25) is 0 Å². The van der Waals surface area contributed by atoms with Crippen LogP contribution in [0.15, 0.2) is 59.3 Å². The summed E-state index contributed by atoms with van der Waals surface area (Å²) in [5, 5.41) is 5.29. The summed E-state index contributed by atoms with van der Waals surface area (Å²) in [7, 11) is 2.12. The second kappa shape index (κ2) is 5.64. The van der Waals surface area contributed by atoms with Crippen LogP contribution in [-0.2, 0) is 4.74 Å². The van der Waals surface area contributed by atoms with Crippen molar-refractivity contribution in [3.63, 3.8) is 0 Å². The number of aliphatic imine (C=N–C) groups is 1. The molecule has 0 bridgehead atoms. The quantitative estimate of drug-likeness (QED) is 0.382. The van der Waals surface area contributed by atoms with Crippen LogP contribution in [0.5, 0.6) is 0 Å². The molecule has 0 radical (unpaired) electrons. The fourth-order valence-corrected chi connectivity index (χ4v) is 6.04. The summed E-state index contributed by atoms with van der Waals surface area (Å²) in [4.78, 5) is 4.78. The van der Waals surface area contributed by atoms with Crippen molar-refractivity contribution in [3.05, 3.63) is 65.4 Å². The van der Waals surface area contributed by atoms with E-state index in [9.17, 15) is 0 Å². The van der Waals surface area contributed by atoms with E-state index < -0.39 is 0 Å². The summed E-state index contributed by atoms with van der Waals surface area (Å²) in [6.07, 6.45) is 1.75. The number of benzene rings is 3. The van der Waals surface area contributed by atoms with E-state index in [0.717, 1.165) is 5.76 Å². The molecule has 0 aliphatic carbocycles. The van der Waals surface area contributed by atoms with E-state index in [0.29, 0.717) is 5.92 Å². The molecule has 0 spiro atoms. The molecule has 0 saturated heterocycles. The van der Waals surface area contributed by atoms with Crippen molar-refractivity contribution in [3.8, 4) is 0 Å². The molecule has 0 amide bonds. The van der Waals surface area contributed by atoms with Crippen LogP contribution >= 0.6 is 0 Å². The van der Waals surface area contributed by atoms with Crippen LogP contribution in [0, 0.1) is 18.8 Å². The van der Waals surface area contributed by atoms with E-state index in [-0.39, 0.29) is 12.1 Å². The van der Waals surface area contributed by atoms with Crippen molar-refractivity contribution in [1.29, 1.82) is 0 Å². The number of nitrogens with zero attached hydrogens (tertiary/aromatic N) is 3. The van der Waals surface area contributed by atoms with Gasteiger partial charge in [0.25, 0.3) is 12.6 Å². The number of para-hydroxylation sites is 1. The summed E-state index contributed by atoms with van der Waals surface area (Å²) in [5.41, 5.74) is 7.82. The molecule has 3 aliphatic heterocycles. The fourth-order valence-electron chi connectivity index (χ4n) is 6.04. The van der Waals surface area contributed by atoms with Gasteiger partial charge < -0.3 is 9.30 Å². The maximum absolute atomic E-state index is 6.52. The van der Waals surface area contributed by atoms with Gasteiger partial charge in [-0.2, -0.15) is 0 Å². The summed E-state index contributed by atoms with van der Waals surface area (Å²) in [6, 6.07) is 17.7. The number of aryl methyl sites for hydroxylation is 1. The highest BCUT2D eigenvalue weighted by Crippen LogP contribution is 2.51. The molecule has 4 heterocycles. The molecule has 0 saturated carbocycles.